The Morgan fingerprint density at radius 3 is 2.43 bits per heavy atom. The minimum Gasteiger partial charge on any atom is -0.457 e. The number of nitro benzene ring substituents is 1. The molecule has 0 saturated heterocycles. The quantitative estimate of drug-likeness (QED) is 0.489. The van der Waals surface area contributed by atoms with Crippen molar-refractivity contribution in [3.8, 4) is 0 Å². The van der Waals surface area contributed by atoms with Crippen LogP contribution in [0.15, 0.2) is 42.5 Å². The van der Waals surface area contributed by atoms with Gasteiger partial charge in [-0.15, -0.1) is 0 Å². The number of nitro groups is 1. The summed E-state index contributed by atoms with van der Waals surface area (Å²) in [6.45, 7) is 4.09. The van der Waals surface area contributed by atoms with Gasteiger partial charge in [-0.2, -0.15) is 0 Å². The van der Waals surface area contributed by atoms with Crippen LogP contribution in [0.3, 0.4) is 0 Å². The van der Waals surface area contributed by atoms with Crippen molar-refractivity contribution in [2.45, 2.75) is 20.5 Å². The SMILES string of the molecule is Cc1cc(C)cc(COC(=O)c2cccc([N+](=O)[O-])c2)c1. The fourth-order valence-electron chi connectivity index (χ4n) is 2.13. The third-order valence-electron chi connectivity index (χ3n) is 2.94. The Labute approximate surface area is 122 Å². The Hall–Kier alpha value is -2.69. The van der Waals surface area contributed by atoms with Crippen LogP contribution in [0.1, 0.15) is 27.0 Å². The summed E-state index contributed by atoms with van der Waals surface area (Å²) < 4.78 is 5.20. The molecule has 0 saturated carbocycles. The minimum absolute atomic E-state index is 0.129. The number of non-ortho nitro benzene ring substituents is 1. The van der Waals surface area contributed by atoms with Crippen molar-refractivity contribution >= 4 is 11.7 Å². The molecule has 0 unspecified atom stereocenters. The van der Waals surface area contributed by atoms with E-state index < -0.39 is 10.9 Å². The van der Waals surface area contributed by atoms with E-state index in [0.29, 0.717) is 0 Å². The summed E-state index contributed by atoms with van der Waals surface area (Å²) in [5, 5.41) is 10.7. The van der Waals surface area contributed by atoms with Crippen LogP contribution in [0.25, 0.3) is 0 Å². The normalized spacial score (nSPS) is 10.2. The van der Waals surface area contributed by atoms with E-state index in [4.69, 9.17) is 4.74 Å². The summed E-state index contributed by atoms with van der Waals surface area (Å²) >= 11 is 0. The van der Waals surface area contributed by atoms with Gasteiger partial charge in [0.2, 0.25) is 0 Å². The molecule has 0 aromatic heterocycles. The monoisotopic (exact) mass is 285 g/mol. The molecular weight excluding hydrogens is 270 g/mol. The van der Waals surface area contributed by atoms with Crippen LogP contribution in [0.4, 0.5) is 5.69 Å². The second-order valence-electron chi connectivity index (χ2n) is 4.88. The molecule has 5 nitrogen and oxygen atoms in total. The van der Waals surface area contributed by atoms with Crippen molar-refractivity contribution in [3.05, 3.63) is 74.8 Å². The van der Waals surface area contributed by atoms with Crippen LogP contribution in [-0.4, -0.2) is 10.9 Å². The predicted molar refractivity (Wildman–Crippen MR) is 78.1 cm³/mol. The van der Waals surface area contributed by atoms with Gasteiger partial charge in [-0.3, -0.25) is 10.1 Å². The van der Waals surface area contributed by atoms with Crippen LogP contribution in [0, 0.1) is 24.0 Å². The van der Waals surface area contributed by atoms with Crippen molar-refractivity contribution in [3.63, 3.8) is 0 Å². The van der Waals surface area contributed by atoms with Crippen molar-refractivity contribution in [2.75, 3.05) is 0 Å². The molecule has 0 amide bonds. The van der Waals surface area contributed by atoms with Gasteiger partial charge >= 0.3 is 5.97 Å². The van der Waals surface area contributed by atoms with Crippen molar-refractivity contribution in [1.82, 2.24) is 0 Å². The van der Waals surface area contributed by atoms with E-state index in [1.165, 1.54) is 24.3 Å². The molecule has 0 aliphatic rings. The number of rotatable bonds is 4. The molecule has 0 heterocycles. The van der Waals surface area contributed by atoms with E-state index in [0.717, 1.165) is 16.7 Å². The zero-order valence-electron chi connectivity index (χ0n) is 11.8. The van der Waals surface area contributed by atoms with Crippen molar-refractivity contribution < 1.29 is 14.5 Å². The molecule has 0 aliphatic carbocycles. The van der Waals surface area contributed by atoms with E-state index >= 15 is 0 Å². The lowest BCUT2D eigenvalue weighted by molar-refractivity contribution is -0.384. The molecule has 0 fully saturated rings. The molecule has 0 bridgehead atoms. The largest absolute Gasteiger partial charge is 0.457 e. The number of carbonyl (C=O) groups is 1. The van der Waals surface area contributed by atoms with Gasteiger partial charge in [0.15, 0.2) is 0 Å². The number of ether oxygens (including phenoxy) is 1. The van der Waals surface area contributed by atoms with E-state index in [-0.39, 0.29) is 17.9 Å². The van der Waals surface area contributed by atoms with Crippen LogP contribution >= 0.6 is 0 Å². The van der Waals surface area contributed by atoms with Crippen LogP contribution in [-0.2, 0) is 11.3 Å². The molecule has 21 heavy (non-hydrogen) atoms. The zero-order chi connectivity index (χ0) is 15.4. The van der Waals surface area contributed by atoms with Gasteiger partial charge in [-0.25, -0.2) is 4.79 Å². The van der Waals surface area contributed by atoms with Crippen molar-refractivity contribution in [2.24, 2.45) is 0 Å². The third-order valence-corrected chi connectivity index (χ3v) is 2.94. The maximum Gasteiger partial charge on any atom is 0.338 e. The molecule has 0 N–H and O–H groups in total. The molecule has 2 rings (SSSR count). The lowest BCUT2D eigenvalue weighted by Gasteiger charge is -2.07. The van der Waals surface area contributed by atoms with E-state index in [1.807, 2.05) is 32.0 Å². The summed E-state index contributed by atoms with van der Waals surface area (Å²) in [7, 11) is 0. The highest BCUT2D eigenvalue weighted by Crippen LogP contribution is 2.15. The summed E-state index contributed by atoms with van der Waals surface area (Å²) in [4.78, 5) is 22.1. The first-order chi connectivity index (χ1) is 9.95. The lowest BCUT2D eigenvalue weighted by Crippen LogP contribution is -2.06. The maximum absolute atomic E-state index is 11.9. The Morgan fingerprint density at radius 1 is 1.14 bits per heavy atom. The number of hydrogen-bond acceptors (Lipinski definition) is 4. The Bertz CT molecular complexity index is 674. The number of aryl methyl sites for hydroxylation is 2. The number of esters is 1. The molecule has 108 valence electrons. The number of benzene rings is 2. The lowest BCUT2D eigenvalue weighted by atomic mass is 10.1. The summed E-state index contributed by atoms with van der Waals surface area (Å²) in [5.74, 6) is -0.571. The van der Waals surface area contributed by atoms with E-state index in [9.17, 15) is 14.9 Å². The predicted octanol–water partition coefficient (Wildman–Crippen LogP) is 3.57. The average Bonchev–Trinajstić information content (AvgIpc) is 2.44. The molecule has 0 aliphatic heterocycles. The second kappa shape index (κ2) is 6.17. The van der Waals surface area contributed by atoms with Gasteiger partial charge < -0.3 is 4.74 Å². The Balaban J connectivity index is 2.08. The van der Waals surface area contributed by atoms with Gasteiger partial charge in [-0.1, -0.05) is 35.4 Å². The molecule has 0 atom stereocenters. The number of nitrogens with zero attached hydrogens (tertiary/aromatic N) is 1. The van der Waals surface area contributed by atoms with Gasteiger partial charge in [0.05, 0.1) is 10.5 Å². The zero-order valence-corrected chi connectivity index (χ0v) is 11.8. The Kier molecular flexibility index (Phi) is 4.33. The highest BCUT2D eigenvalue weighted by Gasteiger charge is 2.12. The van der Waals surface area contributed by atoms with Gasteiger partial charge in [0.25, 0.3) is 5.69 Å². The minimum atomic E-state index is -0.571. The second-order valence-corrected chi connectivity index (χ2v) is 4.88. The number of carbonyl (C=O) groups excluding carboxylic acids is 1. The van der Waals surface area contributed by atoms with Gasteiger partial charge in [0, 0.05) is 12.1 Å². The van der Waals surface area contributed by atoms with Gasteiger partial charge in [-0.05, 0) is 25.5 Å². The number of hydrogen-bond donors (Lipinski definition) is 0. The highest BCUT2D eigenvalue weighted by atomic mass is 16.6. The fourth-order valence-corrected chi connectivity index (χ4v) is 2.13. The Morgan fingerprint density at radius 2 is 1.81 bits per heavy atom. The van der Waals surface area contributed by atoms with Crippen LogP contribution in [0.2, 0.25) is 0 Å². The molecule has 0 radical (unpaired) electrons. The molecule has 2 aromatic carbocycles. The third kappa shape index (κ3) is 3.89. The molecule has 2 aromatic rings. The fraction of sp³-hybridized carbons (Fsp3) is 0.188. The summed E-state index contributed by atoms with van der Waals surface area (Å²) in [6.07, 6.45) is 0. The van der Waals surface area contributed by atoms with Crippen LogP contribution < -0.4 is 0 Å². The first kappa shape index (κ1) is 14.7. The van der Waals surface area contributed by atoms with E-state index in [2.05, 4.69) is 0 Å². The molecule has 0 spiro atoms. The summed E-state index contributed by atoms with van der Waals surface area (Å²) in [5.41, 5.74) is 3.13. The molecular formula is C16H15NO4. The molecule has 5 heteroatoms. The topological polar surface area (TPSA) is 69.4 Å². The standard InChI is InChI=1S/C16H15NO4/c1-11-6-12(2)8-13(7-11)10-21-16(18)14-4-3-5-15(9-14)17(19)20/h3-9H,10H2,1-2H3. The maximum atomic E-state index is 11.9. The van der Waals surface area contributed by atoms with Crippen molar-refractivity contribution in [1.29, 1.82) is 0 Å². The van der Waals surface area contributed by atoms with E-state index in [1.54, 1.807) is 0 Å². The smallest absolute Gasteiger partial charge is 0.338 e. The average molecular weight is 285 g/mol. The summed E-state index contributed by atoms with van der Waals surface area (Å²) in [6, 6.07) is 11.4. The van der Waals surface area contributed by atoms with Gasteiger partial charge in [0.1, 0.15) is 6.61 Å². The van der Waals surface area contributed by atoms with Crippen LogP contribution in [0.5, 0.6) is 0 Å². The first-order valence-electron chi connectivity index (χ1n) is 6.44. The first-order valence-corrected chi connectivity index (χ1v) is 6.44. The highest BCUT2D eigenvalue weighted by molar-refractivity contribution is 5.90.